The molecule has 8 nitrogen and oxygen atoms in total. The zero-order valence-corrected chi connectivity index (χ0v) is 22.1. The smallest absolute Gasteiger partial charge is 0.418 e. The predicted molar refractivity (Wildman–Crippen MR) is 147 cm³/mol. The number of hydrogen-bond acceptors (Lipinski definition) is 5. The van der Waals surface area contributed by atoms with Crippen molar-refractivity contribution < 1.29 is 29.0 Å². The first-order valence-corrected chi connectivity index (χ1v) is 12.8. The summed E-state index contributed by atoms with van der Waals surface area (Å²) in [5.74, 6) is -1.19. The van der Waals surface area contributed by atoms with E-state index in [1.165, 1.54) is 15.7 Å². The van der Waals surface area contributed by atoms with E-state index in [1.807, 2.05) is 24.3 Å². The Labute approximate surface area is 226 Å². The third-order valence-corrected chi connectivity index (χ3v) is 6.73. The number of amides is 1. The van der Waals surface area contributed by atoms with E-state index in [0.717, 1.165) is 23.1 Å². The van der Waals surface area contributed by atoms with Crippen molar-refractivity contribution in [2.75, 3.05) is 0 Å². The van der Waals surface area contributed by atoms with Gasteiger partial charge in [0.15, 0.2) is 0 Å². The zero-order chi connectivity index (χ0) is 27.7. The summed E-state index contributed by atoms with van der Waals surface area (Å²) >= 11 is 0. The van der Waals surface area contributed by atoms with Crippen molar-refractivity contribution in [3.8, 4) is 11.1 Å². The highest BCUT2D eigenvalue weighted by atomic mass is 16.6. The lowest BCUT2D eigenvalue weighted by atomic mass is 10.0. The summed E-state index contributed by atoms with van der Waals surface area (Å²) in [5, 5.41) is 13.0. The fourth-order valence-electron chi connectivity index (χ4n) is 4.99. The maximum atomic E-state index is 12.7. The molecule has 0 fully saturated rings. The molecular weight excluding hydrogens is 496 g/mol. The van der Waals surface area contributed by atoms with Gasteiger partial charge in [-0.1, -0.05) is 54.6 Å². The number of aliphatic carboxylic acids is 1. The highest BCUT2D eigenvalue weighted by molar-refractivity contribution is 5.92. The molecule has 1 aromatic heterocycles. The van der Waals surface area contributed by atoms with Gasteiger partial charge in [0.1, 0.15) is 18.2 Å². The molecule has 0 radical (unpaired) electrons. The van der Waals surface area contributed by atoms with Crippen molar-refractivity contribution in [1.29, 1.82) is 0 Å². The lowest BCUT2D eigenvalue weighted by Gasteiger charge is -2.20. The van der Waals surface area contributed by atoms with Crippen LogP contribution < -0.4 is 5.32 Å². The molecule has 3 aromatic carbocycles. The molecule has 39 heavy (non-hydrogen) atoms. The quantitative estimate of drug-likeness (QED) is 0.285. The predicted octanol–water partition coefficient (Wildman–Crippen LogP) is 5.92. The summed E-state index contributed by atoms with van der Waals surface area (Å²) in [6.07, 6.45) is 1.03. The van der Waals surface area contributed by atoms with Crippen LogP contribution in [0.25, 0.3) is 22.0 Å². The number of nitrogens with zero attached hydrogens (tertiary/aromatic N) is 1. The molecule has 2 N–H and O–H groups in total. The van der Waals surface area contributed by atoms with Crippen LogP contribution in [-0.2, 0) is 33.7 Å². The highest BCUT2D eigenvalue weighted by Gasteiger charge is 2.25. The molecule has 4 aromatic rings. The Bertz CT molecular complexity index is 1580. The van der Waals surface area contributed by atoms with E-state index in [2.05, 4.69) is 23.5 Å². The molecule has 0 saturated carbocycles. The molecule has 0 aliphatic heterocycles. The van der Waals surface area contributed by atoms with Gasteiger partial charge in [0.25, 0.3) is 0 Å². The second kappa shape index (κ2) is 10.3. The molecule has 1 heterocycles. The maximum absolute atomic E-state index is 12.7. The van der Waals surface area contributed by atoms with Crippen molar-refractivity contribution in [1.82, 2.24) is 9.88 Å². The first-order valence-electron chi connectivity index (χ1n) is 12.8. The van der Waals surface area contributed by atoms with Gasteiger partial charge in [-0.05, 0) is 72.7 Å². The summed E-state index contributed by atoms with van der Waals surface area (Å²) in [4.78, 5) is 37.3. The van der Waals surface area contributed by atoms with Crippen molar-refractivity contribution >= 4 is 29.1 Å². The van der Waals surface area contributed by atoms with Crippen LogP contribution in [0.3, 0.4) is 0 Å². The molecule has 1 amide bonds. The fourth-order valence-corrected chi connectivity index (χ4v) is 4.99. The summed E-state index contributed by atoms with van der Waals surface area (Å²) < 4.78 is 12.3. The summed E-state index contributed by atoms with van der Waals surface area (Å²) in [5.41, 5.74) is 6.13. The average molecular weight is 527 g/mol. The van der Waals surface area contributed by atoms with Gasteiger partial charge in [-0.25, -0.2) is 14.4 Å². The van der Waals surface area contributed by atoms with E-state index >= 15 is 0 Å². The number of benzene rings is 3. The Morgan fingerprint density at radius 3 is 2.44 bits per heavy atom. The molecule has 0 bridgehead atoms. The number of rotatable bonds is 6. The molecule has 1 atom stereocenters. The standard InChI is InChI=1S/C31H30N2O6/c1-31(2,3)39-30(37)33-15-14-23-20(9-7-13-27(23)33)17-26(28(34)35)32-29(36)38-18-21-10-6-12-24-22-11-5-4-8-19(22)16-25(21)24/h4-15,26H,16-18H2,1-3H3,(H,32,36)(H,34,35). The van der Waals surface area contributed by atoms with Gasteiger partial charge in [0, 0.05) is 18.0 Å². The molecule has 5 rings (SSSR count). The molecular formula is C31H30N2O6. The Kier molecular flexibility index (Phi) is 6.87. The number of ether oxygens (including phenoxy) is 2. The van der Waals surface area contributed by atoms with Crippen molar-refractivity contribution in [2.45, 2.75) is 51.9 Å². The topological polar surface area (TPSA) is 107 Å². The van der Waals surface area contributed by atoms with Crippen molar-refractivity contribution in [2.24, 2.45) is 0 Å². The summed E-state index contributed by atoms with van der Waals surface area (Å²) in [7, 11) is 0. The van der Waals surface area contributed by atoms with Gasteiger partial charge in [0.05, 0.1) is 5.52 Å². The number of alkyl carbamates (subject to hydrolysis) is 1. The number of carbonyl (C=O) groups is 3. The van der Waals surface area contributed by atoms with E-state index in [9.17, 15) is 19.5 Å². The fraction of sp³-hybridized carbons (Fsp3) is 0.258. The van der Waals surface area contributed by atoms with Crippen LogP contribution in [0.2, 0.25) is 0 Å². The monoisotopic (exact) mass is 526 g/mol. The number of hydrogen-bond donors (Lipinski definition) is 2. The van der Waals surface area contributed by atoms with Crippen LogP contribution in [0.1, 0.15) is 43.0 Å². The molecule has 1 aliphatic rings. The minimum atomic E-state index is -1.22. The Morgan fingerprint density at radius 2 is 1.67 bits per heavy atom. The number of carbonyl (C=O) groups excluding carboxylic acids is 2. The third-order valence-electron chi connectivity index (χ3n) is 6.73. The number of aromatic nitrogens is 1. The van der Waals surface area contributed by atoms with Crippen LogP contribution >= 0.6 is 0 Å². The zero-order valence-electron chi connectivity index (χ0n) is 22.1. The van der Waals surface area contributed by atoms with Crippen molar-refractivity contribution in [3.63, 3.8) is 0 Å². The minimum absolute atomic E-state index is 0.0101. The third kappa shape index (κ3) is 5.50. The highest BCUT2D eigenvalue weighted by Crippen LogP contribution is 2.38. The summed E-state index contributed by atoms with van der Waals surface area (Å²) in [6.45, 7) is 5.39. The molecule has 0 spiro atoms. The van der Waals surface area contributed by atoms with Crippen LogP contribution in [0.5, 0.6) is 0 Å². The lowest BCUT2D eigenvalue weighted by Crippen LogP contribution is -2.42. The number of carboxylic acid groups (broad SMARTS) is 1. The van der Waals surface area contributed by atoms with Gasteiger partial charge in [-0.3, -0.25) is 4.57 Å². The van der Waals surface area contributed by atoms with E-state index < -0.39 is 29.8 Å². The van der Waals surface area contributed by atoms with Gasteiger partial charge in [-0.15, -0.1) is 0 Å². The average Bonchev–Trinajstić information content (AvgIpc) is 3.49. The molecule has 0 saturated heterocycles. The van der Waals surface area contributed by atoms with Crippen LogP contribution in [0.4, 0.5) is 9.59 Å². The van der Waals surface area contributed by atoms with Gasteiger partial charge < -0.3 is 19.9 Å². The van der Waals surface area contributed by atoms with Crippen LogP contribution in [-0.4, -0.2) is 39.5 Å². The Balaban J connectivity index is 1.27. The van der Waals surface area contributed by atoms with Crippen LogP contribution in [0, 0.1) is 0 Å². The number of fused-ring (bicyclic) bond motifs is 4. The van der Waals surface area contributed by atoms with E-state index in [1.54, 1.807) is 51.2 Å². The number of nitrogens with one attached hydrogen (secondary N) is 1. The Hall–Kier alpha value is -4.59. The molecule has 8 heteroatoms. The summed E-state index contributed by atoms with van der Waals surface area (Å²) in [6, 6.07) is 19.9. The maximum Gasteiger partial charge on any atom is 0.418 e. The van der Waals surface area contributed by atoms with Crippen LogP contribution in [0.15, 0.2) is 72.9 Å². The normalized spacial score (nSPS) is 12.9. The lowest BCUT2D eigenvalue weighted by molar-refractivity contribution is -0.139. The first-order chi connectivity index (χ1) is 18.6. The van der Waals surface area contributed by atoms with Gasteiger partial charge in [0.2, 0.25) is 0 Å². The first kappa shape index (κ1) is 26.0. The molecule has 1 unspecified atom stereocenters. The van der Waals surface area contributed by atoms with E-state index in [4.69, 9.17) is 9.47 Å². The van der Waals surface area contributed by atoms with Crippen molar-refractivity contribution in [3.05, 3.63) is 95.2 Å². The second-order valence-electron chi connectivity index (χ2n) is 10.6. The SMILES string of the molecule is CC(C)(C)OC(=O)n1ccc2c(CC(NC(=O)OCc3cccc4c3Cc3ccccc3-4)C(=O)O)cccc21. The van der Waals surface area contributed by atoms with Gasteiger partial charge in [-0.2, -0.15) is 0 Å². The van der Waals surface area contributed by atoms with Gasteiger partial charge >= 0.3 is 18.2 Å². The minimum Gasteiger partial charge on any atom is -0.480 e. The number of carboxylic acids is 1. The van der Waals surface area contributed by atoms with E-state index in [0.29, 0.717) is 16.5 Å². The largest absolute Gasteiger partial charge is 0.480 e. The molecule has 200 valence electrons. The van der Waals surface area contributed by atoms with E-state index in [-0.39, 0.29) is 13.0 Å². The second-order valence-corrected chi connectivity index (χ2v) is 10.6. The molecule has 1 aliphatic carbocycles. The Morgan fingerprint density at radius 1 is 0.949 bits per heavy atom.